The summed E-state index contributed by atoms with van der Waals surface area (Å²) in [6, 6.07) is 5.51. The Hall–Kier alpha value is -2.93. The third-order valence-electron chi connectivity index (χ3n) is 5.41. The van der Waals surface area contributed by atoms with Gasteiger partial charge in [0.25, 0.3) is 5.91 Å². The maximum absolute atomic E-state index is 12.8. The van der Waals surface area contributed by atoms with Gasteiger partial charge in [0.05, 0.1) is 26.3 Å². The lowest BCUT2D eigenvalue weighted by Crippen LogP contribution is -2.62. The van der Waals surface area contributed by atoms with Crippen LogP contribution in [0.5, 0.6) is 0 Å². The average molecular weight is 474 g/mol. The number of halogens is 3. The minimum atomic E-state index is -5.08. The fourth-order valence-corrected chi connectivity index (χ4v) is 3.80. The summed E-state index contributed by atoms with van der Waals surface area (Å²) < 4.78 is 43.4. The molecule has 1 aromatic heterocycles. The third-order valence-corrected chi connectivity index (χ3v) is 5.41. The Morgan fingerprint density at radius 1 is 1.09 bits per heavy atom. The number of urea groups is 1. The Labute approximate surface area is 187 Å². The average Bonchev–Trinajstić information content (AvgIpc) is 3.25. The summed E-state index contributed by atoms with van der Waals surface area (Å²) in [6.07, 6.45) is -1.31. The van der Waals surface area contributed by atoms with Crippen molar-refractivity contribution in [3.63, 3.8) is 0 Å². The van der Waals surface area contributed by atoms with Gasteiger partial charge >= 0.3 is 18.2 Å². The van der Waals surface area contributed by atoms with Gasteiger partial charge in [-0.05, 0) is 25.0 Å². The van der Waals surface area contributed by atoms with Gasteiger partial charge < -0.3 is 24.4 Å². The summed E-state index contributed by atoms with van der Waals surface area (Å²) in [5.74, 6) is -2.29. The highest BCUT2D eigenvalue weighted by molar-refractivity contribution is 5.94. The molecule has 10 nitrogen and oxygen atoms in total. The Bertz CT molecular complexity index is 850. The van der Waals surface area contributed by atoms with Crippen LogP contribution in [0.2, 0.25) is 0 Å². The van der Waals surface area contributed by atoms with Gasteiger partial charge in [0.2, 0.25) is 0 Å². The van der Waals surface area contributed by atoms with Gasteiger partial charge in [0.1, 0.15) is 18.0 Å². The molecule has 4 heterocycles. The number of pyridine rings is 1. The number of carboxylic acids is 1. The fraction of sp³-hybridized carbons (Fsp3) is 0.600. The molecule has 0 radical (unpaired) electrons. The summed E-state index contributed by atoms with van der Waals surface area (Å²) in [7, 11) is 0. The van der Waals surface area contributed by atoms with Crippen molar-refractivity contribution in [2.45, 2.75) is 24.6 Å². The highest BCUT2D eigenvalue weighted by Gasteiger charge is 2.45. The van der Waals surface area contributed by atoms with E-state index in [0.717, 1.165) is 25.9 Å². The smallest absolute Gasteiger partial charge is 0.475 e. The predicted molar refractivity (Wildman–Crippen MR) is 108 cm³/mol. The number of morpholine rings is 1. The number of likely N-dealkylation sites (tertiary alicyclic amines) is 1. The first-order valence-corrected chi connectivity index (χ1v) is 10.4. The minimum absolute atomic E-state index is 0.0360. The van der Waals surface area contributed by atoms with E-state index in [1.165, 1.54) is 0 Å². The second kappa shape index (κ2) is 10.3. The summed E-state index contributed by atoms with van der Waals surface area (Å²) in [6.45, 7) is 3.69. The maximum Gasteiger partial charge on any atom is 0.490 e. The van der Waals surface area contributed by atoms with Crippen LogP contribution in [0, 0.1) is 0 Å². The van der Waals surface area contributed by atoms with Crippen molar-refractivity contribution in [1.29, 1.82) is 0 Å². The normalized spacial score (nSPS) is 23.7. The Morgan fingerprint density at radius 3 is 2.39 bits per heavy atom. The van der Waals surface area contributed by atoms with E-state index in [1.807, 2.05) is 28.0 Å². The molecule has 3 fully saturated rings. The molecule has 33 heavy (non-hydrogen) atoms. The van der Waals surface area contributed by atoms with Crippen molar-refractivity contribution < 1.29 is 42.1 Å². The van der Waals surface area contributed by atoms with Crippen molar-refractivity contribution in [3.05, 3.63) is 24.4 Å². The lowest BCUT2D eigenvalue weighted by atomic mass is 10.0. The third kappa shape index (κ3) is 6.32. The monoisotopic (exact) mass is 474 g/mol. The fourth-order valence-electron chi connectivity index (χ4n) is 3.80. The number of amides is 3. The van der Waals surface area contributed by atoms with Crippen LogP contribution in [0.1, 0.15) is 12.8 Å². The molecule has 4 rings (SSSR count). The molecule has 13 heteroatoms. The number of aromatic nitrogens is 1. The molecular weight excluding hydrogens is 449 g/mol. The molecule has 1 atom stereocenters. The Morgan fingerprint density at radius 2 is 1.79 bits per heavy atom. The lowest BCUT2D eigenvalue weighted by molar-refractivity contribution is -0.192. The van der Waals surface area contributed by atoms with Crippen molar-refractivity contribution in [2.75, 3.05) is 57.4 Å². The number of aliphatic carboxylic acids is 1. The van der Waals surface area contributed by atoms with Crippen LogP contribution in [0.3, 0.4) is 0 Å². The molecule has 3 aliphatic rings. The number of hydrogen-bond acceptors (Lipinski definition) is 6. The van der Waals surface area contributed by atoms with E-state index < -0.39 is 17.7 Å². The van der Waals surface area contributed by atoms with E-state index in [0.29, 0.717) is 38.7 Å². The van der Waals surface area contributed by atoms with Gasteiger partial charge in [0.15, 0.2) is 0 Å². The molecule has 0 bridgehead atoms. The molecule has 1 spiro atoms. The van der Waals surface area contributed by atoms with E-state index >= 15 is 0 Å². The van der Waals surface area contributed by atoms with E-state index in [2.05, 4.69) is 4.98 Å². The topological polar surface area (TPSA) is 113 Å². The van der Waals surface area contributed by atoms with Crippen LogP contribution >= 0.6 is 0 Å². The number of alkyl halides is 3. The summed E-state index contributed by atoms with van der Waals surface area (Å²) in [5, 5.41) is 7.12. The Balaban J connectivity index is 0.000000383. The first kappa shape index (κ1) is 24.7. The zero-order valence-corrected chi connectivity index (χ0v) is 17.8. The molecule has 3 aliphatic heterocycles. The van der Waals surface area contributed by atoms with Crippen molar-refractivity contribution in [2.24, 2.45) is 0 Å². The van der Waals surface area contributed by atoms with Crippen molar-refractivity contribution in [1.82, 2.24) is 14.8 Å². The summed E-state index contributed by atoms with van der Waals surface area (Å²) in [5.41, 5.74) is -0.725. The predicted octanol–water partition coefficient (Wildman–Crippen LogP) is 1.36. The number of rotatable bonds is 1. The zero-order chi connectivity index (χ0) is 24.1. The SMILES string of the molecule is O=C(N1CCCC1)N1CCOCC2(C1)CN(c1ccccn1)C(=O)CO2.O=C(O)C(F)(F)F. The van der Waals surface area contributed by atoms with Gasteiger partial charge in [-0.2, -0.15) is 13.2 Å². The minimum Gasteiger partial charge on any atom is -0.475 e. The number of hydrogen-bond donors (Lipinski definition) is 1. The summed E-state index contributed by atoms with van der Waals surface area (Å²) >= 11 is 0. The van der Waals surface area contributed by atoms with Gasteiger partial charge in [-0.3, -0.25) is 9.69 Å². The van der Waals surface area contributed by atoms with Crippen molar-refractivity contribution in [3.8, 4) is 0 Å². The van der Waals surface area contributed by atoms with Crippen LogP contribution in [0.4, 0.5) is 23.8 Å². The standard InChI is InChI=1S/C18H24N4O4.C2HF3O2/c23-16-11-26-18(13-22(16)15-5-1-2-6-19-15)12-21(9-10-25-14-18)17(24)20-7-3-4-8-20;3-2(4,5)1(6)7/h1-2,5-6H,3-4,7-14H2;(H,6,7). The number of anilines is 1. The van der Waals surface area contributed by atoms with Gasteiger partial charge in [-0.15, -0.1) is 0 Å². The zero-order valence-electron chi connectivity index (χ0n) is 17.8. The van der Waals surface area contributed by atoms with E-state index in [-0.39, 0.29) is 18.5 Å². The number of carbonyl (C=O) groups excluding carboxylic acids is 2. The van der Waals surface area contributed by atoms with Crippen LogP contribution in [-0.4, -0.2) is 102 Å². The molecule has 0 aromatic carbocycles. The maximum atomic E-state index is 12.8. The highest BCUT2D eigenvalue weighted by atomic mass is 19.4. The van der Waals surface area contributed by atoms with Gasteiger partial charge in [0, 0.05) is 25.8 Å². The molecule has 1 N–H and O–H groups in total. The van der Waals surface area contributed by atoms with Crippen LogP contribution in [0.15, 0.2) is 24.4 Å². The molecule has 1 unspecified atom stereocenters. The molecule has 3 amide bonds. The molecule has 3 saturated heterocycles. The second-order valence-electron chi connectivity index (χ2n) is 7.89. The second-order valence-corrected chi connectivity index (χ2v) is 7.89. The van der Waals surface area contributed by atoms with Gasteiger partial charge in [-0.25, -0.2) is 14.6 Å². The summed E-state index contributed by atoms with van der Waals surface area (Å²) in [4.78, 5) is 43.7. The largest absolute Gasteiger partial charge is 0.490 e. The van der Waals surface area contributed by atoms with Crippen LogP contribution in [-0.2, 0) is 19.1 Å². The van der Waals surface area contributed by atoms with Crippen molar-refractivity contribution >= 4 is 23.7 Å². The Kier molecular flexibility index (Phi) is 7.74. The van der Waals surface area contributed by atoms with E-state index in [9.17, 15) is 22.8 Å². The quantitative estimate of drug-likeness (QED) is 0.654. The highest BCUT2D eigenvalue weighted by Crippen LogP contribution is 2.27. The van der Waals surface area contributed by atoms with Gasteiger partial charge in [-0.1, -0.05) is 6.07 Å². The molecule has 0 aliphatic carbocycles. The molecule has 182 valence electrons. The van der Waals surface area contributed by atoms with E-state index in [1.54, 1.807) is 11.1 Å². The number of carboxylic acid groups (broad SMARTS) is 1. The van der Waals surface area contributed by atoms with Crippen LogP contribution in [0.25, 0.3) is 0 Å². The molecular formula is C20H25F3N4O6. The lowest BCUT2D eigenvalue weighted by Gasteiger charge is -2.42. The number of nitrogens with zero attached hydrogens (tertiary/aromatic N) is 4. The molecule has 1 aromatic rings. The number of carbonyl (C=O) groups is 3. The molecule has 0 saturated carbocycles. The van der Waals surface area contributed by atoms with E-state index in [4.69, 9.17) is 19.4 Å². The van der Waals surface area contributed by atoms with Crippen LogP contribution < -0.4 is 4.90 Å². The number of ether oxygens (including phenoxy) is 2. The first-order valence-electron chi connectivity index (χ1n) is 10.4. The first-order chi connectivity index (χ1) is 15.6.